The number of hydrogen-bond acceptors (Lipinski definition) is 6. The van der Waals surface area contributed by atoms with Crippen molar-refractivity contribution in [1.29, 1.82) is 0 Å². The first kappa shape index (κ1) is 14.7. The topological polar surface area (TPSA) is 77.4 Å². The third-order valence-corrected chi connectivity index (χ3v) is 4.99. The molecule has 20 heavy (non-hydrogen) atoms. The Bertz CT molecular complexity index is 294. The van der Waals surface area contributed by atoms with Gasteiger partial charge in [-0.25, -0.2) is 0 Å². The Hall–Kier alpha value is -0.240. The quantitative estimate of drug-likeness (QED) is 0.752. The highest BCUT2D eigenvalue weighted by molar-refractivity contribution is 4.87. The van der Waals surface area contributed by atoms with Gasteiger partial charge in [0.25, 0.3) is 0 Å². The lowest BCUT2D eigenvalue weighted by Gasteiger charge is -2.50. The third-order valence-electron chi connectivity index (χ3n) is 4.99. The monoisotopic (exact) mass is 288 g/mol. The van der Waals surface area contributed by atoms with Crippen LogP contribution in [0.5, 0.6) is 0 Å². The molecule has 0 bridgehead atoms. The molecule has 3 rings (SSSR count). The van der Waals surface area contributed by atoms with Crippen molar-refractivity contribution in [3.05, 3.63) is 0 Å². The molecule has 0 amide bonds. The molecule has 2 N–H and O–H groups in total. The molecule has 2 spiro atoms. The van der Waals surface area contributed by atoms with Crippen molar-refractivity contribution in [2.24, 2.45) is 11.8 Å². The molecule has 2 atom stereocenters. The minimum Gasteiger partial charge on any atom is -0.396 e. The van der Waals surface area contributed by atoms with Crippen LogP contribution < -0.4 is 0 Å². The van der Waals surface area contributed by atoms with Crippen LogP contribution >= 0.6 is 0 Å². The van der Waals surface area contributed by atoms with Gasteiger partial charge in [0, 0.05) is 24.7 Å². The van der Waals surface area contributed by atoms with E-state index in [9.17, 15) is 10.2 Å². The fourth-order valence-corrected chi connectivity index (χ4v) is 3.58. The van der Waals surface area contributed by atoms with Crippen LogP contribution in [-0.2, 0) is 19.6 Å². The Balaban J connectivity index is 1.71. The standard InChI is InChI=1S/C14H24O6/c15-9-11-5-1-3-7-13(11)17-19-14(20-18-13)8-4-2-6-12(14)10-16/h11-12,15-16H,1-10H2/t11-,12+,13?,14?. The third kappa shape index (κ3) is 2.38. The molecule has 2 saturated carbocycles. The molecule has 3 fully saturated rings. The number of rotatable bonds is 2. The maximum Gasteiger partial charge on any atom is 0.239 e. The molecule has 6 nitrogen and oxygen atoms in total. The van der Waals surface area contributed by atoms with Crippen LogP contribution in [0.15, 0.2) is 0 Å². The van der Waals surface area contributed by atoms with E-state index in [0.717, 1.165) is 38.5 Å². The van der Waals surface area contributed by atoms with Gasteiger partial charge in [0.2, 0.25) is 11.6 Å². The molecule has 2 aliphatic carbocycles. The average Bonchev–Trinajstić information content (AvgIpc) is 2.51. The minimum absolute atomic E-state index is 0.0108. The van der Waals surface area contributed by atoms with E-state index in [2.05, 4.69) is 0 Å². The summed E-state index contributed by atoms with van der Waals surface area (Å²) in [7, 11) is 0. The zero-order valence-corrected chi connectivity index (χ0v) is 11.8. The second-order valence-electron chi connectivity index (χ2n) is 6.21. The van der Waals surface area contributed by atoms with Crippen molar-refractivity contribution in [2.45, 2.75) is 62.9 Å². The second-order valence-corrected chi connectivity index (χ2v) is 6.21. The summed E-state index contributed by atoms with van der Waals surface area (Å²) in [5, 5.41) is 19.0. The lowest BCUT2D eigenvalue weighted by atomic mass is 9.83. The molecule has 3 aliphatic rings. The second kappa shape index (κ2) is 5.87. The van der Waals surface area contributed by atoms with E-state index in [1.165, 1.54) is 0 Å². The zero-order valence-electron chi connectivity index (χ0n) is 11.8. The van der Waals surface area contributed by atoms with Gasteiger partial charge in [-0.1, -0.05) is 12.8 Å². The predicted octanol–water partition coefficient (Wildman–Crippen LogP) is 1.65. The number of aliphatic hydroxyl groups excluding tert-OH is 2. The van der Waals surface area contributed by atoms with Gasteiger partial charge in [-0.2, -0.15) is 19.6 Å². The molecule has 1 aliphatic heterocycles. The average molecular weight is 288 g/mol. The van der Waals surface area contributed by atoms with Gasteiger partial charge < -0.3 is 10.2 Å². The molecule has 0 radical (unpaired) electrons. The number of hydrogen-bond donors (Lipinski definition) is 2. The first-order valence-corrected chi connectivity index (χ1v) is 7.70. The summed E-state index contributed by atoms with van der Waals surface area (Å²) in [5.74, 6) is -2.25. The minimum atomic E-state index is -0.990. The van der Waals surface area contributed by atoms with Crippen molar-refractivity contribution < 1.29 is 29.8 Å². The Kier molecular flexibility index (Phi) is 4.31. The van der Waals surface area contributed by atoms with Crippen LogP contribution in [0.25, 0.3) is 0 Å². The van der Waals surface area contributed by atoms with Gasteiger partial charge in [-0.3, -0.25) is 0 Å². The number of aliphatic hydroxyl groups is 2. The molecule has 6 heteroatoms. The van der Waals surface area contributed by atoms with Crippen LogP contribution in [0.1, 0.15) is 51.4 Å². The van der Waals surface area contributed by atoms with Crippen LogP contribution in [0, 0.1) is 11.8 Å². The van der Waals surface area contributed by atoms with Gasteiger partial charge in [0.1, 0.15) is 0 Å². The van der Waals surface area contributed by atoms with Gasteiger partial charge in [0.15, 0.2) is 0 Å². The highest BCUT2D eigenvalue weighted by Gasteiger charge is 2.56. The molecule has 0 aromatic heterocycles. The maximum absolute atomic E-state index is 9.50. The molecular formula is C14H24O6. The molecule has 1 saturated heterocycles. The van der Waals surface area contributed by atoms with Crippen molar-refractivity contribution >= 4 is 0 Å². The first-order valence-electron chi connectivity index (χ1n) is 7.70. The summed E-state index contributed by atoms with van der Waals surface area (Å²) in [4.78, 5) is 22.5. The maximum atomic E-state index is 9.50. The predicted molar refractivity (Wildman–Crippen MR) is 67.9 cm³/mol. The zero-order chi connectivity index (χ0) is 14.1. The van der Waals surface area contributed by atoms with E-state index in [-0.39, 0.29) is 25.0 Å². The van der Waals surface area contributed by atoms with Gasteiger partial charge in [0.05, 0.1) is 13.2 Å². The molecular weight excluding hydrogens is 264 g/mol. The van der Waals surface area contributed by atoms with E-state index in [4.69, 9.17) is 19.6 Å². The lowest BCUT2D eigenvalue weighted by Crippen LogP contribution is -2.59. The molecule has 0 aromatic rings. The van der Waals surface area contributed by atoms with Crippen molar-refractivity contribution in [3.63, 3.8) is 0 Å². The van der Waals surface area contributed by atoms with Crippen molar-refractivity contribution in [1.82, 2.24) is 0 Å². The summed E-state index contributed by atoms with van der Waals surface area (Å²) in [6.45, 7) is -0.0215. The van der Waals surface area contributed by atoms with Gasteiger partial charge >= 0.3 is 0 Å². The fourth-order valence-electron chi connectivity index (χ4n) is 3.58. The molecule has 0 aromatic carbocycles. The highest BCUT2D eigenvalue weighted by atomic mass is 17.4. The van der Waals surface area contributed by atoms with Crippen molar-refractivity contribution in [2.75, 3.05) is 13.2 Å². The normalized spacial score (nSPS) is 45.9. The Morgan fingerprint density at radius 3 is 1.45 bits per heavy atom. The molecule has 116 valence electrons. The first-order chi connectivity index (χ1) is 9.75. The Morgan fingerprint density at radius 1 is 0.700 bits per heavy atom. The summed E-state index contributed by atoms with van der Waals surface area (Å²) >= 11 is 0. The van der Waals surface area contributed by atoms with E-state index < -0.39 is 11.6 Å². The van der Waals surface area contributed by atoms with Gasteiger partial charge in [-0.05, 0) is 25.7 Å². The SMILES string of the molecule is OC[C@@H]1CCCCC12OOC1(CCCC[C@@H]1CO)OO2. The van der Waals surface area contributed by atoms with Gasteiger partial charge in [-0.15, -0.1) is 0 Å². The molecule has 1 heterocycles. The summed E-state index contributed by atoms with van der Waals surface area (Å²) in [6.07, 6.45) is 6.98. The molecule has 0 unspecified atom stereocenters. The Labute approximate surface area is 118 Å². The van der Waals surface area contributed by atoms with Crippen LogP contribution in [0.4, 0.5) is 0 Å². The van der Waals surface area contributed by atoms with Crippen LogP contribution in [-0.4, -0.2) is 35.0 Å². The van der Waals surface area contributed by atoms with E-state index >= 15 is 0 Å². The van der Waals surface area contributed by atoms with E-state index in [1.807, 2.05) is 0 Å². The smallest absolute Gasteiger partial charge is 0.239 e. The summed E-state index contributed by atoms with van der Waals surface area (Å²) in [5.41, 5.74) is 0. The fraction of sp³-hybridized carbons (Fsp3) is 1.00. The summed E-state index contributed by atoms with van der Waals surface area (Å²) in [6, 6.07) is 0. The van der Waals surface area contributed by atoms with Crippen LogP contribution in [0.3, 0.4) is 0 Å². The van der Waals surface area contributed by atoms with E-state index in [0.29, 0.717) is 12.8 Å². The highest BCUT2D eigenvalue weighted by Crippen LogP contribution is 2.47. The van der Waals surface area contributed by atoms with E-state index in [1.54, 1.807) is 0 Å². The summed E-state index contributed by atoms with van der Waals surface area (Å²) < 4.78 is 0. The largest absolute Gasteiger partial charge is 0.396 e. The van der Waals surface area contributed by atoms with Crippen molar-refractivity contribution in [3.8, 4) is 0 Å². The lowest BCUT2D eigenvalue weighted by molar-refractivity contribution is -0.676. The Morgan fingerprint density at radius 2 is 1.10 bits per heavy atom. The van der Waals surface area contributed by atoms with Crippen LogP contribution in [0.2, 0.25) is 0 Å².